The van der Waals surface area contributed by atoms with Crippen molar-refractivity contribution >= 4 is 5.91 Å². The van der Waals surface area contributed by atoms with Gasteiger partial charge in [-0.05, 0) is 30.9 Å². The van der Waals surface area contributed by atoms with E-state index in [-0.39, 0.29) is 11.8 Å². The van der Waals surface area contributed by atoms with E-state index < -0.39 is 6.04 Å². The third-order valence-electron chi connectivity index (χ3n) is 3.72. The fraction of sp³-hybridized carbons (Fsp3) is 0.643. The van der Waals surface area contributed by atoms with Crippen LogP contribution in [0, 0.1) is 5.92 Å². The van der Waals surface area contributed by atoms with Crippen LogP contribution in [0.1, 0.15) is 38.9 Å². The summed E-state index contributed by atoms with van der Waals surface area (Å²) in [7, 11) is 0. The molecule has 2 atom stereocenters. The standard InChI is InChI=1S/C14H22N2O2/c1-3-10(2)13(15)14(17)16(11-6-7-11)9-12-5-4-8-18-12/h4-5,8,10-11,13H,3,6-7,9,15H2,1-2H3/t10?,13-/m0/s1. The SMILES string of the molecule is CCC(C)[C@H](N)C(=O)N(Cc1ccco1)C1CC1. The highest BCUT2D eigenvalue weighted by molar-refractivity contribution is 5.82. The summed E-state index contributed by atoms with van der Waals surface area (Å²) < 4.78 is 5.32. The normalized spacial score (nSPS) is 18.4. The van der Waals surface area contributed by atoms with Gasteiger partial charge in [0, 0.05) is 6.04 Å². The lowest BCUT2D eigenvalue weighted by Gasteiger charge is -2.27. The lowest BCUT2D eigenvalue weighted by molar-refractivity contribution is -0.135. The van der Waals surface area contributed by atoms with E-state index in [0.29, 0.717) is 12.6 Å². The maximum atomic E-state index is 12.4. The average molecular weight is 250 g/mol. The first-order valence-corrected chi connectivity index (χ1v) is 6.72. The van der Waals surface area contributed by atoms with Gasteiger partial charge in [0.15, 0.2) is 0 Å². The molecule has 0 aliphatic heterocycles. The van der Waals surface area contributed by atoms with Crippen molar-refractivity contribution in [2.75, 3.05) is 0 Å². The van der Waals surface area contributed by atoms with Crippen molar-refractivity contribution in [2.24, 2.45) is 11.7 Å². The Morgan fingerprint density at radius 3 is 2.83 bits per heavy atom. The Morgan fingerprint density at radius 1 is 1.61 bits per heavy atom. The maximum absolute atomic E-state index is 12.4. The summed E-state index contributed by atoms with van der Waals surface area (Å²) in [5.74, 6) is 1.10. The molecule has 0 spiro atoms. The predicted molar refractivity (Wildman–Crippen MR) is 69.7 cm³/mol. The van der Waals surface area contributed by atoms with Crippen LogP contribution in [0.4, 0.5) is 0 Å². The number of nitrogens with zero attached hydrogens (tertiary/aromatic N) is 1. The number of carbonyl (C=O) groups excluding carboxylic acids is 1. The molecule has 1 saturated carbocycles. The lowest BCUT2D eigenvalue weighted by atomic mass is 9.99. The molecule has 100 valence electrons. The Bertz CT molecular complexity index is 385. The van der Waals surface area contributed by atoms with Crippen molar-refractivity contribution in [1.82, 2.24) is 4.90 Å². The summed E-state index contributed by atoms with van der Waals surface area (Å²) >= 11 is 0. The van der Waals surface area contributed by atoms with Crippen LogP contribution < -0.4 is 5.73 Å². The number of amides is 1. The first kappa shape index (κ1) is 13.1. The molecule has 0 bridgehead atoms. The number of carbonyl (C=O) groups is 1. The van der Waals surface area contributed by atoms with Gasteiger partial charge >= 0.3 is 0 Å². The van der Waals surface area contributed by atoms with Gasteiger partial charge in [-0.25, -0.2) is 0 Å². The van der Waals surface area contributed by atoms with Gasteiger partial charge in [-0.2, -0.15) is 0 Å². The molecule has 18 heavy (non-hydrogen) atoms. The van der Waals surface area contributed by atoms with Crippen LogP contribution in [0.25, 0.3) is 0 Å². The predicted octanol–water partition coefficient (Wildman–Crippen LogP) is 2.14. The van der Waals surface area contributed by atoms with E-state index in [4.69, 9.17) is 10.2 Å². The minimum absolute atomic E-state index is 0.0586. The first-order valence-electron chi connectivity index (χ1n) is 6.72. The van der Waals surface area contributed by atoms with Crippen LogP contribution in [0.3, 0.4) is 0 Å². The van der Waals surface area contributed by atoms with E-state index in [0.717, 1.165) is 25.0 Å². The highest BCUT2D eigenvalue weighted by Gasteiger charge is 2.36. The van der Waals surface area contributed by atoms with E-state index in [2.05, 4.69) is 6.92 Å². The monoisotopic (exact) mass is 250 g/mol. The van der Waals surface area contributed by atoms with Crippen LogP contribution in [-0.2, 0) is 11.3 Å². The largest absolute Gasteiger partial charge is 0.467 e. The molecule has 1 heterocycles. The molecule has 2 N–H and O–H groups in total. The molecule has 4 heteroatoms. The first-order chi connectivity index (χ1) is 8.63. The number of rotatable bonds is 6. The van der Waals surface area contributed by atoms with Gasteiger partial charge in [0.1, 0.15) is 5.76 Å². The number of furan rings is 1. The van der Waals surface area contributed by atoms with Crippen molar-refractivity contribution < 1.29 is 9.21 Å². The zero-order chi connectivity index (χ0) is 13.1. The van der Waals surface area contributed by atoms with E-state index in [1.165, 1.54) is 0 Å². The minimum Gasteiger partial charge on any atom is -0.467 e. The van der Waals surface area contributed by atoms with Gasteiger partial charge < -0.3 is 15.1 Å². The molecule has 1 aromatic rings. The van der Waals surface area contributed by atoms with E-state index in [1.807, 2.05) is 24.0 Å². The molecule has 0 aromatic carbocycles. The van der Waals surface area contributed by atoms with E-state index in [9.17, 15) is 4.79 Å². The summed E-state index contributed by atoms with van der Waals surface area (Å²) in [5, 5.41) is 0. The van der Waals surface area contributed by atoms with Crippen molar-refractivity contribution in [3.63, 3.8) is 0 Å². The van der Waals surface area contributed by atoms with Crippen LogP contribution in [0.15, 0.2) is 22.8 Å². The Hall–Kier alpha value is -1.29. The third kappa shape index (κ3) is 2.93. The van der Waals surface area contributed by atoms with E-state index >= 15 is 0 Å². The maximum Gasteiger partial charge on any atom is 0.240 e. The van der Waals surface area contributed by atoms with Crippen molar-refractivity contribution in [1.29, 1.82) is 0 Å². The average Bonchev–Trinajstić information content (AvgIpc) is 3.10. The lowest BCUT2D eigenvalue weighted by Crippen LogP contribution is -2.47. The molecule has 1 fully saturated rings. The molecule has 1 aliphatic carbocycles. The second-order valence-corrected chi connectivity index (χ2v) is 5.19. The van der Waals surface area contributed by atoms with Crippen molar-refractivity contribution in [3.05, 3.63) is 24.2 Å². The van der Waals surface area contributed by atoms with Gasteiger partial charge in [-0.15, -0.1) is 0 Å². The number of hydrogen-bond donors (Lipinski definition) is 1. The summed E-state index contributed by atoms with van der Waals surface area (Å²) in [6, 6.07) is 3.71. The highest BCUT2D eigenvalue weighted by Crippen LogP contribution is 2.29. The third-order valence-corrected chi connectivity index (χ3v) is 3.72. The van der Waals surface area contributed by atoms with Crippen LogP contribution in [0.5, 0.6) is 0 Å². The van der Waals surface area contributed by atoms with Gasteiger partial charge in [0.05, 0.1) is 18.8 Å². The molecule has 0 radical (unpaired) electrons. The molecule has 4 nitrogen and oxygen atoms in total. The summed E-state index contributed by atoms with van der Waals surface area (Å²) in [6.07, 6.45) is 4.73. The number of nitrogens with two attached hydrogens (primary N) is 1. The molecule has 0 saturated heterocycles. The fourth-order valence-corrected chi connectivity index (χ4v) is 2.03. The molecule has 1 aliphatic rings. The smallest absolute Gasteiger partial charge is 0.240 e. The molecule has 2 rings (SSSR count). The summed E-state index contributed by atoms with van der Waals surface area (Å²) in [4.78, 5) is 14.3. The van der Waals surface area contributed by atoms with Gasteiger partial charge in [0.25, 0.3) is 0 Å². The van der Waals surface area contributed by atoms with Crippen LogP contribution in [-0.4, -0.2) is 22.9 Å². The molecular weight excluding hydrogens is 228 g/mol. The fourth-order valence-electron chi connectivity index (χ4n) is 2.03. The Labute approximate surface area is 108 Å². The zero-order valence-corrected chi connectivity index (χ0v) is 11.1. The molecular formula is C14H22N2O2. The van der Waals surface area contributed by atoms with Crippen LogP contribution in [0.2, 0.25) is 0 Å². The van der Waals surface area contributed by atoms with Gasteiger partial charge in [-0.3, -0.25) is 4.79 Å². The second-order valence-electron chi connectivity index (χ2n) is 5.19. The number of hydrogen-bond acceptors (Lipinski definition) is 3. The molecule has 1 unspecified atom stereocenters. The van der Waals surface area contributed by atoms with E-state index in [1.54, 1.807) is 6.26 Å². The Balaban J connectivity index is 2.03. The molecule has 1 aromatic heterocycles. The summed E-state index contributed by atoms with van der Waals surface area (Å²) in [5.41, 5.74) is 6.04. The van der Waals surface area contributed by atoms with Crippen molar-refractivity contribution in [3.8, 4) is 0 Å². The van der Waals surface area contributed by atoms with Gasteiger partial charge in [0.2, 0.25) is 5.91 Å². The zero-order valence-electron chi connectivity index (χ0n) is 11.1. The Kier molecular flexibility index (Phi) is 4.07. The quantitative estimate of drug-likeness (QED) is 0.841. The van der Waals surface area contributed by atoms with Crippen LogP contribution >= 0.6 is 0 Å². The van der Waals surface area contributed by atoms with Crippen molar-refractivity contribution in [2.45, 2.75) is 51.7 Å². The topological polar surface area (TPSA) is 59.5 Å². The summed E-state index contributed by atoms with van der Waals surface area (Å²) in [6.45, 7) is 4.63. The highest BCUT2D eigenvalue weighted by atomic mass is 16.3. The minimum atomic E-state index is -0.398. The second kappa shape index (κ2) is 5.57. The van der Waals surface area contributed by atoms with Gasteiger partial charge in [-0.1, -0.05) is 20.3 Å². The Morgan fingerprint density at radius 2 is 2.33 bits per heavy atom. The molecule has 1 amide bonds.